The maximum absolute atomic E-state index is 13.7. The van der Waals surface area contributed by atoms with Gasteiger partial charge in [0, 0.05) is 44.6 Å². The number of rotatable bonds is 10. The molecule has 1 heterocycles. The molecule has 1 atom stereocenters. The van der Waals surface area contributed by atoms with E-state index in [1.165, 1.54) is 0 Å². The number of benzene rings is 3. The fourth-order valence-electron chi connectivity index (χ4n) is 5.00. The number of amides is 4. The standard InChI is InChI=1S/C32H39N5O4/c1-32(2,33)18-29(39)36-28-17-24-7-3-4-9-26(24)21-37(30(28)40)20-22-11-13-23(14-12-22)27-10-6-5-8-25(27)19-35-31(41)34-15-16-38/h3-14,28,38H,15-21,33H2,1-2H3,(H,36,39)(H2,34,35,41)/t28-/m1/s1. The van der Waals surface area contributed by atoms with Crippen LogP contribution in [0, 0.1) is 0 Å². The van der Waals surface area contributed by atoms with E-state index in [2.05, 4.69) is 16.0 Å². The lowest BCUT2D eigenvalue weighted by molar-refractivity contribution is -0.137. The summed E-state index contributed by atoms with van der Waals surface area (Å²) in [7, 11) is 0. The van der Waals surface area contributed by atoms with Gasteiger partial charge in [0.2, 0.25) is 11.8 Å². The molecular weight excluding hydrogens is 518 g/mol. The SMILES string of the molecule is CC(C)(N)CC(=O)N[C@@H]1Cc2ccccc2CN(Cc2ccc(-c3ccccc3CNC(=O)NCCO)cc2)C1=O. The average molecular weight is 558 g/mol. The van der Waals surface area contributed by atoms with Crippen LogP contribution in [0.1, 0.15) is 42.5 Å². The van der Waals surface area contributed by atoms with Gasteiger partial charge < -0.3 is 31.7 Å². The predicted molar refractivity (Wildman–Crippen MR) is 158 cm³/mol. The number of aliphatic hydroxyl groups excluding tert-OH is 1. The van der Waals surface area contributed by atoms with Gasteiger partial charge in [0.05, 0.1) is 6.61 Å². The second-order valence-corrected chi connectivity index (χ2v) is 11.1. The summed E-state index contributed by atoms with van der Waals surface area (Å²) in [6, 6.07) is 22.8. The van der Waals surface area contributed by atoms with Crippen molar-refractivity contribution in [2.45, 2.75) is 57.9 Å². The van der Waals surface area contributed by atoms with E-state index in [9.17, 15) is 14.4 Å². The molecule has 9 heteroatoms. The van der Waals surface area contributed by atoms with Crippen LogP contribution in [0.4, 0.5) is 4.79 Å². The van der Waals surface area contributed by atoms with Crippen molar-refractivity contribution in [3.05, 3.63) is 95.1 Å². The molecule has 1 aliphatic rings. The van der Waals surface area contributed by atoms with Crippen LogP contribution in [0.3, 0.4) is 0 Å². The van der Waals surface area contributed by atoms with E-state index in [0.717, 1.165) is 33.4 Å². The van der Waals surface area contributed by atoms with Gasteiger partial charge in [-0.1, -0.05) is 72.8 Å². The first-order chi connectivity index (χ1) is 19.6. The van der Waals surface area contributed by atoms with Crippen LogP contribution < -0.4 is 21.7 Å². The van der Waals surface area contributed by atoms with Crippen molar-refractivity contribution in [3.8, 4) is 11.1 Å². The summed E-state index contributed by atoms with van der Waals surface area (Å²) in [6.45, 7) is 4.85. The van der Waals surface area contributed by atoms with Crippen LogP contribution in [-0.4, -0.2) is 52.6 Å². The highest BCUT2D eigenvalue weighted by molar-refractivity contribution is 5.88. The van der Waals surface area contributed by atoms with Gasteiger partial charge in [-0.25, -0.2) is 4.79 Å². The minimum Gasteiger partial charge on any atom is -0.395 e. The fourth-order valence-corrected chi connectivity index (χ4v) is 5.00. The third kappa shape index (κ3) is 8.39. The summed E-state index contributed by atoms with van der Waals surface area (Å²) < 4.78 is 0. The van der Waals surface area contributed by atoms with Crippen LogP contribution in [0.15, 0.2) is 72.8 Å². The molecule has 0 fully saturated rings. The number of carbonyl (C=O) groups is 3. The van der Waals surface area contributed by atoms with E-state index >= 15 is 0 Å². The molecule has 0 saturated heterocycles. The largest absolute Gasteiger partial charge is 0.395 e. The Morgan fingerprint density at radius 1 is 0.976 bits per heavy atom. The quantitative estimate of drug-likeness (QED) is 0.261. The summed E-state index contributed by atoms with van der Waals surface area (Å²) in [5.74, 6) is -0.358. The molecule has 0 aromatic heterocycles. The van der Waals surface area contributed by atoms with Crippen molar-refractivity contribution in [1.29, 1.82) is 0 Å². The zero-order chi connectivity index (χ0) is 29.4. The van der Waals surface area contributed by atoms with Gasteiger partial charge in [-0.2, -0.15) is 0 Å². The number of hydrogen-bond acceptors (Lipinski definition) is 5. The third-order valence-electron chi connectivity index (χ3n) is 6.96. The number of nitrogens with one attached hydrogen (secondary N) is 3. The first-order valence-electron chi connectivity index (χ1n) is 13.9. The highest BCUT2D eigenvalue weighted by Gasteiger charge is 2.31. The first kappa shape index (κ1) is 29.8. The number of nitrogens with two attached hydrogens (primary N) is 1. The monoisotopic (exact) mass is 557 g/mol. The molecule has 216 valence electrons. The lowest BCUT2D eigenvalue weighted by atomic mass is 9.98. The summed E-state index contributed by atoms with van der Waals surface area (Å²) in [5, 5.41) is 17.2. The Balaban J connectivity index is 1.49. The number of aliphatic hydroxyl groups is 1. The zero-order valence-corrected chi connectivity index (χ0v) is 23.7. The van der Waals surface area contributed by atoms with E-state index in [1.807, 2.05) is 72.8 Å². The Morgan fingerprint density at radius 2 is 1.66 bits per heavy atom. The molecule has 3 aromatic carbocycles. The maximum Gasteiger partial charge on any atom is 0.315 e. The van der Waals surface area contributed by atoms with Gasteiger partial charge in [-0.15, -0.1) is 0 Å². The van der Waals surface area contributed by atoms with Crippen molar-refractivity contribution in [1.82, 2.24) is 20.9 Å². The Hall–Kier alpha value is -4.21. The topological polar surface area (TPSA) is 137 Å². The van der Waals surface area contributed by atoms with Crippen molar-refractivity contribution >= 4 is 17.8 Å². The van der Waals surface area contributed by atoms with Gasteiger partial charge >= 0.3 is 6.03 Å². The molecule has 0 unspecified atom stereocenters. The van der Waals surface area contributed by atoms with Gasteiger partial charge in [-0.05, 0) is 47.2 Å². The lowest BCUT2D eigenvalue weighted by Crippen LogP contribution is -2.50. The van der Waals surface area contributed by atoms with Crippen LogP contribution in [0.2, 0.25) is 0 Å². The Morgan fingerprint density at radius 3 is 2.37 bits per heavy atom. The molecule has 0 bridgehead atoms. The Labute approximate surface area is 241 Å². The molecular formula is C32H39N5O4. The number of carbonyl (C=O) groups excluding carboxylic acids is 3. The Bertz CT molecular complexity index is 1370. The molecule has 41 heavy (non-hydrogen) atoms. The van der Waals surface area contributed by atoms with E-state index in [-0.39, 0.29) is 37.4 Å². The predicted octanol–water partition coefficient (Wildman–Crippen LogP) is 2.84. The molecule has 4 rings (SSSR count). The summed E-state index contributed by atoms with van der Waals surface area (Å²) >= 11 is 0. The van der Waals surface area contributed by atoms with Crippen molar-refractivity contribution < 1.29 is 19.5 Å². The van der Waals surface area contributed by atoms with Crippen molar-refractivity contribution in [3.63, 3.8) is 0 Å². The second kappa shape index (κ2) is 13.4. The molecule has 0 aliphatic carbocycles. The third-order valence-corrected chi connectivity index (χ3v) is 6.96. The van der Waals surface area contributed by atoms with Gasteiger partial charge in [0.1, 0.15) is 6.04 Å². The van der Waals surface area contributed by atoms with Gasteiger partial charge in [0.15, 0.2) is 0 Å². The Kier molecular flexibility index (Phi) is 9.75. The smallest absolute Gasteiger partial charge is 0.315 e. The fraction of sp³-hybridized carbons (Fsp3) is 0.344. The summed E-state index contributed by atoms with van der Waals surface area (Å²) in [6.07, 6.45) is 0.564. The molecule has 0 saturated carbocycles. The molecule has 0 radical (unpaired) electrons. The number of urea groups is 1. The second-order valence-electron chi connectivity index (χ2n) is 11.1. The summed E-state index contributed by atoms with van der Waals surface area (Å²) in [5.41, 5.74) is 11.4. The molecule has 1 aliphatic heterocycles. The lowest BCUT2D eigenvalue weighted by Gasteiger charge is -2.26. The molecule has 9 nitrogen and oxygen atoms in total. The number of hydrogen-bond donors (Lipinski definition) is 5. The van der Waals surface area contributed by atoms with Crippen molar-refractivity contribution in [2.24, 2.45) is 5.73 Å². The molecule has 6 N–H and O–H groups in total. The van der Waals surface area contributed by atoms with Crippen LogP contribution in [-0.2, 0) is 35.6 Å². The minimum absolute atomic E-state index is 0.117. The van der Waals surface area contributed by atoms with E-state index < -0.39 is 11.6 Å². The summed E-state index contributed by atoms with van der Waals surface area (Å²) in [4.78, 5) is 40.1. The average Bonchev–Trinajstić information content (AvgIpc) is 3.06. The minimum atomic E-state index is -0.668. The van der Waals surface area contributed by atoms with Gasteiger partial charge in [0.25, 0.3) is 0 Å². The molecule has 4 amide bonds. The van der Waals surface area contributed by atoms with Crippen molar-refractivity contribution in [2.75, 3.05) is 13.2 Å². The van der Waals surface area contributed by atoms with Gasteiger partial charge in [-0.3, -0.25) is 9.59 Å². The van der Waals surface area contributed by atoms with E-state index in [0.29, 0.717) is 26.1 Å². The maximum atomic E-state index is 13.7. The zero-order valence-electron chi connectivity index (χ0n) is 23.7. The first-order valence-corrected chi connectivity index (χ1v) is 13.9. The van der Waals surface area contributed by atoms with E-state index in [4.69, 9.17) is 10.8 Å². The van der Waals surface area contributed by atoms with Crippen LogP contribution in [0.25, 0.3) is 11.1 Å². The number of nitrogens with zero attached hydrogens (tertiary/aromatic N) is 1. The highest BCUT2D eigenvalue weighted by atomic mass is 16.3. The van der Waals surface area contributed by atoms with Crippen LogP contribution >= 0.6 is 0 Å². The normalized spacial score (nSPS) is 15.1. The van der Waals surface area contributed by atoms with Crippen LogP contribution in [0.5, 0.6) is 0 Å². The molecule has 0 spiro atoms. The number of fused-ring (bicyclic) bond motifs is 1. The molecule has 3 aromatic rings. The van der Waals surface area contributed by atoms with E-state index in [1.54, 1.807) is 18.7 Å². The highest BCUT2D eigenvalue weighted by Crippen LogP contribution is 2.26.